The Labute approximate surface area is 158 Å². The van der Waals surface area contributed by atoms with Gasteiger partial charge in [0, 0.05) is 16.8 Å². The molecule has 26 heavy (non-hydrogen) atoms. The molecule has 4 rings (SSSR count). The van der Waals surface area contributed by atoms with Crippen LogP contribution in [0, 0.1) is 6.92 Å². The summed E-state index contributed by atoms with van der Waals surface area (Å²) in [5, 5.41) is 10.9. The van der Waals surface area contributed by atoms with Gasteiger partial charge in [-0.2, -0.15) is 4.98 Å². The van der Waals surface area contributed by atoms with Crippen molar-refractivity contribution in [3.63, 3.8) is 0 Å². The summed E-state index contributed by atoms with van der Waals surface area (Å²) in [6, 6.07) is 7.66. The largest absolute Gasteiger partial charge is 0.307 e. The molecule has 0 atom stereocenters. The number of hydrogen-bond donors (Lipinski definition) is 2. The summed E-state index contributed by atoms with van der Waals surface area (Å²) in [4.78, 5) is 13.9. The predicted molar refractivity (Wildman–Crippen MR) is 105 cm³/mol. The third kappa shape index (κ3) is 3.70. The minimum Gasteiger partial charge on any atom is -0.307 e. The van der Waals surface area contributed by atoms with E-state index >= 15 is 0 Å². The average Bonchev–Trinajstić information content (AvgIpc) is 2.87. The molecule has 6 nitrogen and oxygen atoms in total. The van der Waals surface area contributed by atoms with Crippen molar-refractivity contribution in [2.75, 3.05) is 5.32 Å². The van der Waals surface area contributed by atoms with E-state index in [0.29, 0.717) is 16.8 Å². The Kier molecular flexibility index (Phi) is 5.52. The first-order valence-corrected chi connectivity index (χ1v) is 8.89. The molecule has 136 valence electrons. The Morgan fingerprint density at radius 2 is 1.85 bits per heavy atom. The van der Waals surface area contributed by atoms with Crippen LogP contribution in [0.5, 0.6) is 0 Å². The second kappa shape index (κ2) is 7.83. The highest BCUT2D eigenvalue weighted by Crippen LogP contribution is 2.31. The molecule has 0 aliphatic heterocycles. The fourth-order valence-corrected chi connectivity index (χ4v) is 3.36. The van der Waals surface area contributed by atoms with E-state index in [4.69, 9.17) is 21.6 Å². The van der Waals surface area contributed by atoms with E-state index in [2.05, 4.69) is 20.5 Å². The Balaban J connectivity index is 0.00000196. The average molecular weight is 371 g/mol. The van der Waals surface area contributed by atoms with E-state index in [-0.39, 0.29) is 7.43 Å². The van der Waals surface area contributed by atoms with Gasteiger partial charge in [-0.15, -0.1) is 5.10 Å². The van der Waals surface area contributed by atoms with Crippen LogP contribution in [-0.2, 0) is 12.8 Å². The summed E-state index contributed by atoms with van der Waals surface area (Å²) < 4.78 is 0. The summed E-state index contributed by atoms with van der Waals surface area (Å²) in [6.07, 6.45) is 5.41. The molecule has 1 aromatic carbocycles. The van der Waals surface area contributed by atoms with Crippen LogP contribution in [0.1, 0.15) is 43.8 Å². The maximum Gasteiger partial charge on any atom is 0.247 e. The Hall–Kier alpha value is -2.47. The van der Waals surface area contributed by atoms with Crippen LogP contribution < -0.4 is 5.32 Å². The van der Waals surface area contributed by atoms with Crippen molar-refractivity contribution in [3.05, 3.63) is 46.4 Å². The number of hydrogen-bond acceptors (Lipinski definition) is 5. The monoisotopic (exact) mass is 370 g/mol. The zero-order valence-corrected chi connectivity index (χ0v) is 14.8. The van der Waals surface area contributed by atoms with Crippen molar-refractivity contribution in [2.24, 2.45) is 0 Å². The standard InChI is InChI=1S/C18H19ClN6.CH4/c1-11-20-18(25-24-11)23-17-13-8-3-2-4-10-15(13)21-16(22-17)12-7-5-6-9-14(12)19;/h5-7,9H,2-4,8,10H2,1H3,(H2,20,21,22,23,24,25);1H4. The molecule has 0 radical (unpaired) electrons. The van der Waals surface area contributed by atoms with Gasteiger partial charge in [0.2, 0.25) is 5.95 Å². The molecular weight excluding hydrogens is 348 g/mol. The number of halogens is 1. The Morgan fingerprint density at radius 1 is 1.04 bits per heavy atom. The van der Waals surface area contributed by atoms with Crippen LogP contribution in [0.2, 0.25) is 5.02 Å². The van der Waals surface area contributed by atoms with Gasteiger partial charge >= 0.3 is 0 Å². The summed E-state index contributed by atoms with van der Waals surface area (Å²) >= 11 is 6.36. The highest BCUT2D eigenvalue weighted by molar-refractivity contribution is 6.33. The van der Waals surface area contributed by atoms with Crippen LogP contribution in [-0.4, -0.2) is 25.1 Å². The van der Waals surface area contributed by atoms with Gasteiger partial charge in [0.25, 0.3) is 0 Å². The number of rotatable bonds is 3. The normalized spacial score (nSPS) is 13.5. The van der Waals surface area contributed by atoms with E-state index in [9.17, 15) is 0 Å². The lowest BCUT2D eigenvalue weighted by atomic mass is 10.1. The summed E-state index contributed by atoms with van der Waals surface area (Å²) in [6.45, 7) is 1.87. The molecule has 1 aliphatic rings. The molecule has 2 N–H and O–H groups in total. The Morgan fingerprint density at radius 3 is 2.62 bits per heavy atom. The summed E-state index contributed by atoms with van der Waals surface area (Å²) in [5.41, 5.74) is 3.10. The number of H-pyrrole nitrogens is 1. The minimum absolute atomic E-state index is 0. The van der Waals surface area contributed by atoms with Crippen LogP contribution in [0.25, 0.3) is 11.4 Å². The molecule has 2 heterocycles. The first-order valence-electron chi connectivity index (χ1n) is 8.51. The van der Waals surface area contributed by atoms with Crippen molar-refractivity contribution in [1.82, 2.24) is 25.1 Å². The number of aromatic nitrogens is 5. The van der Waals surface area contributed by atoms with E-state index in [1.165, 1.54) is 6.42 Å². The van der Waals surface area contributed by atoms with Crippen LogP contribution in [0.15, 0.2) is 24.3 Å². The lowest BCUT2D eigenvalue weighted by Gasteiger charge is -2.14. The second-order valence-electron chi connectivity index (χ2n) is 6.23. The van der Waals surface area contributed by atoms with E-state index < -0.39 is 0 Å². The molecule has 2 aromatic heterocycles. The molecule has 3 aromatic rings. The molecule has 7 heteroatoms. The van der Waals surface area contributed by atoms with E-state index in [0.717, 1.165) is 54.1 Å². The number of nitrogens with one attached hydrogen (secondary N) is 2. The minimum atomic E-state index is 0. The maximum absolute atomic E-state index is 6.36. The molecule has 1 aliphatic carbocycles. The van der Waals surface area contributed by atoms with Crippen LogP contribution >= 0.6 is 11.6 Å². The van der Waals surface area contributed by atoms with Crippen LogP contribution in [0.3, 0.4) is 0 Å². The second-order valence-corrected chi connectivity index (χ2v) is 6.64. The number of anilines is 2. The molecule has 0 fully saturated rings. The third-order valence-corrected chi connectivity index (χ3v) is 4.70. The molecular formula is C19H23ClN6. The quantitative estimate of drug-likeness (QED) is 0.643. The fourth-order valence-electron chi connectivity index (χ4n) is 3.14. The summed E-state index contributed by atoms with van der Waals surface area (Å²) in [5.74, 6) is 2.70. The molecule has 0 bridgehead atoms. The highest BCUT2D eigenvalue weighted by Gasteiger charge is 2.19. The SMILES string of the molecule is C.Cc1nc(Nc2nc(-c3ccccc3Cl)nc3c2CCCCC3)n[nH]1. The van der Waals surface area contributed by atoms with Gasteiger partial charge in [-0.05, 0) is 44.7 Å². The van der Waals surface area contributed by atoms with Gasteiger partial charge in [0.15, 0.2) is 5.82 Å². The number of fused-ring (bicyclic) bond motifs is 1. The molecule has 0 saturated heterocycles. The van der Waals surface area contributed by atoms with Crippen molar-refractivity contribution < 1.29 is 0 Å². The fraction of sp³-hybridized carbons (Fsp3) is 0.368. The van der Waals surface area contributed by atoms with Crippen molar-refractivity contribution in [2.45, 2.75) is 46.5 Å². The maximum atomic E-state index is 6.36. The number of aryl methyl sites for hydroxylation is 2. The number of aromatic amines is 1. The lowest BCUT2D eigenvalue weighted by molar-refractivity contribution is 0.709. The van der Waals surface area contributed by atoms with E-state index in [1.807, 2.05) is 31.2 Å². The number of benzene rings is 1. The van der Waals surface area contributed by atoms with Gasteiger partial charge in [-0.1, -0.05) is 37.6 Å². The first-order chi connectivity index (χ1) is 12.2. The molecule has 0 unspecified atom stereocenters. The van der Waals surface area contributed by atoms with Gasteiger partial charge in [0.05, 0.1) is 5.02 Å². The van der Waals surface area contributed by atoms with Gasteiger partial charge in [-0.3, -0.25) is 5.10 Å². The first kappa shape index (κ1) is 18.3. The lowest BCUT2D eigenvalue weighted by Crippen LogP contribution is -2.08. The number of nitrogens with zero attached hydrogens (tertiary/aromatic N) is 4. The van der Waals surface area contributed by atoms with Crippen molar-refractivity contribution in [3.8, 4) is 11.4 Å². The molecule has 0 amide bonds. The highest BCUT2D eigenvalue weighted by atomic mass is 35.5. The van der Waals surface area contributed by atoms with E-state index in [1.54, 1.807) is 0 Å². The van der Waals surface area contributed by atoms with Crippen molar-refractivity contribution in [1.29, 1.82) is 0 Å². The molecule has 0 saturated carbocycles. The zero-order valence-electron chi connectivity index (χ0n) is 14.0. The van der Waals surface area contributed by atoms with Gasteiger partial charge in [-0.25, -0.2) is 9.97 Å². The van der Waals surface area contributed by atoms with Gasteiger partial charge < -0.3 is 5.32 Å². The zero-order chi connectivity index (χ0) is 17.2. The summed E-state index contributed by atoms with van der Waals surface area (Å²) in [7, 11) is 0. The Bertz CT molecular complexity index is 905. The van der Waals surface area contributed by atoms with Crippen LogP contribution in [0.4, 0.5) is 11.8 Å². The smallest absolute Gasteiger partial charge is 0.247 e. The van der Waals surface area contributed by atoms with Gasteiger partial charge in [0.1, 0.15) is 11.6 Å². The topological polar surface area (TPSA) is 79.4 Å². The van der Waals surface area contributed by atoms with Crippen molar-refractivity contribution >= 4 is 23.4 Å². The third-order valence-electron chi connectivity index (χ3n) is 4.38. The predicted octanol–water partition coefficient (Wildman–Crippen LogP) is 4.87. The molecule has 0 spiro atoms.